The van der Waals surface area contributed by atoms with Crippen LogP contribution >= 0.6 is 15.9 Å². The van der Waals surface area contributed by atoms with Crippen LogP contribution in [0.1, 0.15) is 6.42 Å². The molecule has 0 bridgehead atoms. The van der Waals surface area contributed by atoms with Gasteiger partial charge < -0.3 is 10.2 Å². The van der Waals surface area contributed by atoms with Crippen molar-refractivity contribution in [3.05, 3.63) is 28.7 Å². The molecule has 1 aromatic rings. The van der Waals surface area contributed by atoms with Crippen molar-refractivity contribution in [2.75, 3.05) is 19.7 Å². The van der Waals surface area contributed by atoms with E-state index in [-0.39, 0.29) is 24.4 Å². The lowest BCUT2D eigenvalue weighted by molar-refractivity contribution is -0.000735. The van der Waals surface area contributed by atoms with E-state index in [1.807, 2.05) is 0 Å². The Hall–Kier alpha value is -0.470. The SMILES string of the molecule is O=S(=O)(c1ccccc1Br)N1CCC(O)(CO)C1. The summed E-state index contributed by atoms with van der Waals surface area (Å²) < 4.78 is 26.4. The average molecular weight is 336 g/mol. The third kappa shape index (κ3) is 2.46. The molecule has 0 radical (unpaired) electrons. The topological polar surface area (TPSA) is 77.8 Å². The first-order valence-electron chi connectivity index (χ1n) is 5.47. The summed E-state index contributed by atoms with van der Waals surface area (Å²) >= 11 is 3.21. The summed E-state index contributed by atoms with van der Waals surface area (Å²) in [5, 5.41) is 18.9. The Morgan fingerprint density at radius 2 is 2.06 bits per heavy atom. The molecule has 1 fully saturated rings. The Bertz CT molecular complexity index is 548. The summed E-state index contributed by atoms with van der Waals surface area (Å²) in [5.41, 5.74) is -1.33. The third-order valence-electron chi connectivity index (χ3n) is 3.05. The lowest BCUT2D eigenvalue weighted by atomic mass is 10.1. The van der Waals surface area contributed by atoms with E-state index in [9.17, 15) is 13.5 Å². The van der Waals surface area contributed by atoms with Crippen LogP contribution in [0.4, 0.5) is 0 Å². The summed E-state index contributed by atoms with van der Waals surface area (Å²) in [4.78, 5) is 0.173. The summed E-state index contributed by atoms with van der Waals surface area (Å²) in [5.74, 6) is 0. The Morgan fingerprint density at radius 3 is 2.61 bits per heavy atom. The van der Waals surface area contributed by atoms with Gasteiger partial charge in [0.15, 0.2) is 0 Å². The van der Waals surface area contributed by atoms with Gasteiger partial charge in [-0.25, -0.2) is 8.42 Å². The second-order valence-corrected chi connectivity index (χ2v) is 7.16. The molecule has 0 spiro atoms. The van der Waals surface area contributed by atoms with Crippen LogP contribution in [0.15, 0.2) is 33.6 Å². The van der Waals surface area contributed by atoms with Crippen molar-refractivity contribution in [2.24, 2.45) is 0 Å². The highest BCUT2D eigenvalue weighted by Crippen LogP contribution is 2.30. The second kappa shape index (κ2) is 4.90. The molecule has 2 N–H and O–H groups in total. The second-order valence-electron chi connectivity index (χ2n) is 4.40. The molecule has 18 heavy (non-hydrogen) atoms. The van der Waals surface area contributed by atoms with Gasteiger partial charge in [0.2, 0.25) is 10.0 Å². The zero-order valence-corrected chi connectivity index (χ0v) is 12.0. The molecule has 1 aromatic carbocycles. The third-order valence-corrected chi connectivity index (χ3v) is 5.90. The maximum atomic E-state index is 12.4. The standard InChI is InChI=1S/C11H14BrNO4S/c12-9-3-1-2-4-10(9)18(16,17)13-6-5-11(15,7-13)8-14/h1-4,14-15H,5-8H2. The van der Waals surface area contributed by atoms with Crippen LogP contribution in [0.25, 0.3) is 0 Å². The lowest BCUT2D eigenvalue weighted by Crippen LogP contribution is -2.38. The Kier molecular flexibility index (Phi) is 3.80. The highest BCUT2D eigenvalue weighted by atomic mass is 79.9. The van der Waals surface area contributed by atoms with Gasteiger partial charge in [0.05, 0.1) is 11.5 Å². The summed E-state index contributed by atoms with van der Waals surface area (Å²) in [6, 6.07) is 6.54. The van der Waals surface area contributed by atoms with Crippen LogP contribution in [0.3, 0.4) is 0 Å². The molecule has 1 heterocycles. The molecular formula is C11H14BrNO4S. The molecule has 5 nitrogen and oxygen atoms in total. The summed E-state index contributed by atoms with van der Waals surface area (Å²) in [7, 11) is -3.64. The van der Waals surface area contributed by atoms with Gasteiger partial charge in [0, 0.05) is 17.6 Å². The molecule has 100 valence electrons. The van der Waals surface area contributed by atoms with E-state index in [4.69, 9.17) is 5.11 Å². The van der Waals surface area contributed by atoms with Crippen molar-refractivity contribution in [1.82, 2.24) is 4.31 Å². The highest BCUT2D eigenvalue weighted by Gasteiger charge is 2.41. The number of rotatable bonds is 3. The van der Waals surface area contributed by atoms with Crippen LogP contribution in [-0.2, 0) is 10.0 Å². The predicted octanol–water partition coefficient (Wildman–Crippen LogP) is 0.567. The maximum Gasteiger partial charge on any atom is 0.244 e. The molecule has 1 aliphatic rings. The monoisotopic (exact) mass is 335 g/mol. The Morgan fingerprint density at radius 1 is 1.39 bits per heavy atom. The molecule has 0 saturated carbocycles. The van der Waals surface area contributed by atoms with Crippen LogP contribution in [-0.4, -0.2) is 48.2 Å². The highest BCUT2D eigenvalue weighted by molar-refractivity contribution is 9.10. The number of hydrogen-bond donors (Lipinski definition) is 2. The number of nitrogens with zero attached hydrogens (tertiary/aromatic N) is 1. The minimum Gasteiger partial charge on any atom is -0.393 e. The van der Waals surface area contributed by atoms with E-state index in [0.717, 1.165) is 0 Å². The van der Waals surface area contributed by atoms with Gasteiger partial charge in [-0.2, -0.15) is 4.31 Å². The fourth-order valence-electron chi connectivity index (χ4n) is 1.95. The maximum absolute atomic E-state index is 12.4. The van der Waals surface area contributed by atoms with Crippen molar-refractivity contribution < 1.29 is 18.6 Å². The zero-order chi connectivity index (χ0) is 13.4. The van der Waals surface area contributed by atoms with Crippen LogP contribution in [0.2, 0.25) is 0 Å². The van der Waals surface area contributed by atoms with Crippen LogP contribution in [0, 0.1) is 0 Å². The van der Waals surface area contributed by atoms with Crippen LogP contribution < -0.4 is 0 Å². The van der Waals surface area contributed by atoms with Crippen molar-refractivity contribution in [3.8, 4) is 0 Å². The molecule has 1 aliphatic heterocycles. The molecular weight excluding hydrogens is 322 g/mol. The first kappa shape index (κ1) is 14.0. The fourth-order valence-corrected chi connectivity index (χ4v) is 4.43. The van der Waals surface area contributed by atoms with Crippen molar-refractivity contribution in [1.29, 1.82) is 0 Å². The first-order valence-corrected chi connectivity index (χ1v) is 7.70. The zero-order valence-electron chi connectivity index (χ0n) is 9.58. The van der Waals surface area contributed by atoms with E-state index >= 15 is 0 Å². The van der Waals surface area contributed by atoms with E-state index in [1.165, 1.54) is 10.4 Å². The fraction of sp³-hybridized carbons (Fsp3) is 0.455. The Labute approximate surface area is 114 Å². The Balaban J connectivity index is 2.32. The molecule has 1 atom stereocenters. The molecule has 0 aromatic heterocycles. The van der Waals surface area contributed by atoms with E-state index in [0.29, 0.717) is 4.47 Å². The first-order chi connectivity index (χ1) is 8.39. The van der Waals surface area contributed by atoms with Gasteiger partial charge in [0.25, 0.3) is 0 Å². The minimum absolute atomic E-state index is 0.0762. The quantitative estimate of drug-likeness (QED) is 0.846. The number of halogens is 1. The van der Waals surface area contributed by atoms with Gasteiger partial charge >= 0.3 is 0 Å². The van der Waals surface area contributed by atoms with E-state index in [2.05, 4.69) is 15.9 Å². The molecule has 0 amide bonds. The van der Waals surface area contributed by atoms with Crippen molar-refractivity contribution >= 4 is 26.0 Å². The van der Waals surface area contributed by atoms with Crippen LogP contribution in [0.5, 0.6) is 0 Å². The largest absolute Gasteiger partial charge is 0.393 e. The van der Waals surface area contributed by atoms with Gasteiger partial charge in [-0.1, -0.05) is 12.1 Å². The van der Waals surface area contributed by atoms with E-state index < -0.39 is 22.2 Å². The van der Waals surface area contributed by atoms with Gasteiger partial charge in [-0.15, -0.1) is 0 Å². The van der Waals surface area contributed by atoms with Gasteiger partial charge in [0.1, 0.15) is 5.60 Å². The number of hydrogen-bond acceptors (Lipinski definition) is 4. The van der Waals surface area contributed by atoms with Gasteiger partial charge in [-0.05, 0) is 34.5 Å². The molecule has 2 rings (SSSR count). The average Bonchev–Trinajstić information content (AvgIpc) is 2.74. The lowest BCUT2D eigenvalue weighted by Gasteiger charge is -2.21. The number of β-amino-alcohol motifs (C(OH)–C–C–N with tert-alkyl or cyclic N) is 1. The number of aliphatic hydroxyl groups excluding tert-OH is 1. The minimum atomic E-state index is -3.64. The van der Waals surface area contributed by atoms with Crippen molar-refractivity contribution in [2.45, 2.75) is 16.9 Å². The summed E-state index contributed by atoms with van der Waals surface area (Å²) in [6.45, 7) is -0.303. The number of benzene rings is 1. The number of aliphatic hydroxyl groups is 2. The molecule has 0 aliphatic carbocycles. The van der Waals surface area contributed by atoms with E-state index in [1.54, 1.807) is 18.2 Å². The smallest absolute Gasteiger partial charge is 0.244 e. The predicted molar refractivity (Wildman–Crippen MR) is 69.6 cm³/mol. The van der Waals surface area contributed by atoms with Gasteiger partial charge in [-0.3, -0.25) is 0 Å². The molecule has 7 heteroatoms. The van der Waals surface area contributed by atoms with Crippen molar-refractivity contribution in [3.63, 3.8) is 0 Å². The normalized spacial score (nSPS) is 25.5. The summed E-state index contributed by atoms with van der Waals surface area (Å²) in [6.07, 6.45) is 0.243. The number of sulfonamides is 1. The molecule has 1 saturated heterocycles. The molecule has 1 unspecified atom stereocenters.